The van der Waals surface area contributed by atoms with Crippen LogP contribution in [-0.2, 0) is 17.4 Å². The van der Waals surface area contributed by atoms with Crippen LogP contribution in [0.25, 0.3) is 0 Å². The molecule has 1 fully saturated rings. The molecule has 4 heteroatoms. The molecule has 2 aromatic carbocycles. The Morgan fingerprint density at radius 3 is 2.55 bits per heavy atom. The van der Waals surface area contributed by atoms with Crippen molar-refractivity contribution >= 4 is 5.91 Å². The van der Waals surface area contributed by atoms with E-state index in [2.05, 4.69) is 18.3 Å². The Kier molecular flexibility index (Phi) is 4.83. The molecular weight excluding hydrogens is 362 g/mol. The van der Waals surface area contributed by atoms with Crippen molar-refractivity contribution in [2.75, 3.05) is 7.05 Å². The zero-order valence-electron chi connectivity index (χ0n) is 17.5. The van der Waals surface area contributed by atoms with Crippen LogP contribution in [0.4, 0.5) is 0 Å². The van der Waals surface area contributed by atoms with Crippen molar-refractivity contribution in [2.24, 2.45) is 5.92 Å². The molecule has 29 heavy (non-hydrogen) atoms. The molecule has 0 aliphatic heterocycles. The van der Waals surface area contributed by atoms with Crippen LogP contribution in [0, 0.1) is 5.92 Å². The first-order chi connectivity index (χ1) is 13.8. The lowest BCUT2D eigenvalue weighted by molar-refractivity contribution is -0.205. The molecule has 0 unspecified atom stereocenters. The highest BCUT2D eigenvalue weighted by atomic mass is 16.4. The molecule has 0 heterocycles. The summed E-state index contributed by atoms with van der Waals surface area (Å²) in [5.41, 5.74) is 1.19. The molecule has 154 valence electrons. The number of aryl methyl sites for hydroxylation is 1. The molecule has 3 N–H and O–H groups in total. The number of nitrogens with one attached hydrogen (secondary N) is 1. The van der Waals surface area contributed by atoms with E-state index in [1.165, 1.54) is 11.1 Å². The summed E-state index contributed by atoms with van der Waals surface area (Å²) in [6, 6.07) is 15.6. The summed E-state index contributed by atoms with van der Waals surface area (Å²) in [6.45, 7) is 3.96. The molecule has 0 bridgehead atoms. The van der Waals surface area contributed by atoms with Crippen LogP contribution < -0.4 is 5.32 Å². The lowest BCUT2D eigenvalue weighted by atomic mass is 9.49. The molecule has 0 saturated heterocycles. The largest absolute Gasteiger partial charge is 0.387 e. The summed E-state index contributed by atoms with van der Waals surface area (Å²) in [6.07, 6.45) is 3.77. The van der Waals surface area contributed by atoms with Gasteiger partial charge in [0.05, 0.1) is 5.60 Å². The van der Waals surface area contributed by atoms with Gasteiger partial charge in [-0.25, -0.2) is 0 Å². The molecule has 2 aromatic rings. The predicted molar refractivity (Wildman–Crippen MR) is 114 cm³/mol. The smallest absolute Gasteiger partial charge is 0.251 e. The lowest BCUT2D eigenvalue weighted by Gasteiger charge is -2.59. The molecule has 0 aromatic heterocycles. The van der Waals surface area contributed by atoms with E-state index >= 15 is 0 Å². The summed E-state index contributed by atoms with van der Waals surface area (Å²) < 4.78 is 0. The zero-order chi connectivity index (χ0) is 20.9. The van der Waals surface area contributed by atoms with E-state index in [1.807, 2.05) is 42.5 Å². The van der Waals surface area contributed by atoms with Crippen molar-refractivity contribution in [3.05, 3.63) is 70.8 Å². The van der Waals surface area contributed by atoms with Crippen LogP contribution >= 0.6 is 0 Å². The second-order valence-corrected chi connectivity index (χ2v) is 9.08. The monoisotopic (exact) mass is 393 g/mol. The van der Waals surface area contributed by atoms with Crippen LogP contribution in [0.15, 0.2) is 48.5 Å². The third kappa shape index (κ3) is 2.92. The van der Waals surface area contributed by atoms with Gasteiger partial charge in [0.25, 0.3) is 5.91 Å². The van der Waals surface area contributed by atoms with E-state index < -0.39 is 11.2 Å². The third-order valence-corrected chi connectivity index (χ3v) is 7.65. The number of aliphatic hydroxyl groups is 2. The van der Waals surface area contributed by atoms with E-state index in [-0.39, 0.29) is 17.2 Å². The van der Waals surface area contributed by atoms with Gasteiger partial charge in [0.2, 0.25) is 0 Å². The van der Waals surface area contributed by atoms with E-state index in [9.17, 15) is 15.0 Å². The van der Waals surface area contributed by atoms with Gasteiger partial charge in [-0.3, -0.25) is 4.79 Å². The average molecular weight is 394 g/mol. The highest BCUT2D eigenvalue weighted by Crippen LogP contribution is 2.59. The number of carbonyl (C=O) groups excluding carboxylic acids is 1. The average Bonchev–Trinajstić information content (AvgIpc) is 2.74. The second-order valence-electron chi connectivity index (χ2n) is 9.08. The Balaban J connectivity index is 1.79. The van der Waals surface area contributed by atoms with Gasteiger partial charge in [-0.05, 0) is 73.8 Å². The number of hydrogen-bond acceptors (Lipinski definition) is 3. The Morgan fingerprint density at radius 2 is 1.90 bits per heavy atom. The molecule has 0 radical (unpaired) electrons. The summed E-state index contributed by atoms with van der Waals surface area (Å²) >= 11 is 0. The van der Waals surface area contributed by atoms with E-state index in [1.54, 1.807) is 14.0 Å². The number of amides is 1. The normalized spacial score (nSPS) is 33.5. The van der Waals surface area contributed by atoms with E-state index in [4.69, 9.17) is 0 Å². The van der Waals surface area contributed by atoms with Gasteiger partial charge in [0, 0.05) is 18.0 Å². The first kappa shape index (κ1) is 20.1. The maximum Gasteiger partial charge on any atom is 0.251 e. The van der Waals surface area contributed by atoms with Gasteiger partial charge >= 0.3 is 0 Å². The Hall–Kier alpha value is -2.17. The standard InChI is InChI=1S/C25H31NO3/c1-4-24-16-23(2,28)25(29,19-8-6-5-7-9-19)15-20(24)12-10-17-14-18(22(27)26-3)11-13-21(17)24/h5-9,11,13-14,20,28-29H,4,10,12,15-16H2,1-3H3,(H,26,27)/t20-,23-,24-,25-/m1/s1. The zero-order valence-corrected chi connectivity index (χ0v) is 17.5. The van der Waals surface area contributed by atoms with Crippen molar-refractivity contribution in [3.8, 4) is 0 Å². The van der Waals surface area contributed by atoms with Crippen molar-refractivity contribution in [1.29, 1.82) is 0 Å². The molecule has 1 saturated carbocycles. The number of fused-ring (bicyclic) bond motifs is 3. The number of carbonyl (C=O) groups is 1. The fourth-order valence-electron chi connectivity index (χ4n) is 6.02. The molecule has 4 nitrogen and oxygen atoms in total. The molecule has 4 atom stereocenters. The fraction of sp³-hybridized carbons (Fsp3) is 0.480. The minimum absolute atomic E-state index is 0.0745. The predicted octanol–water partition coefficient (Wildman–Crippen LogP) is 3.69. The highest BCUT2D eigenvalue weighted by molar-refractivity contribution is 5.94. The number of rotatable bonds is 3. The molecule has 0 spiro atoms. The molecular formula is C25H31NO3. The van der Waals surface area contributed by atoms with Gasteiger partial charge in [0.15, 0.2) is 0 Å². The van der Waals surface area contributed by atoms with Gasteiger partial charge in [-0.15, -0.1) is 0 Å². The fourth-order valence-corrected chi connectivity index (χ4v) is 6.02. The summed E-state index contributed by atoms with van der Waals surface area (Å²) in [7, 11) is 1.65. The lowest BCUT2D eigenvalue weighted by Crippen LogP contribution is -2.62. The van der Waals surface area contributed by atoms with Crippen molar-refractivity contribution in [2.45, 2.75) is 62.6 Å². The van der Waals surface area contributed by atoms with Crippen LogP contribution in [0.1, 0.15) is 66.6 Å². The Bertz CT molecular complexity index is 923. The maximum atomic E-state index is 12.1. The van der Waals surface area contributed by atoms with Crippen LogP contribution in [-0.4, -0.2) is 28.8 Å². The summed E-state index contributed by atoms with van der Waals surface area (Å²) in [4.78, 5) is 12.1. The number of hydrogen-bond donors (Lipinski definition) is 3. The SMILES string of the molecule is CC[C@@]12C[C@@](C)(O)[C@](O)(c3ccccc3)C[C@H]1CCc1cc(C(=O)NC)ccc12. The summed E-state index contributed by atoms with van der Waals surface area (Å²) in [5, 5.41) is 26.0. The minimum atomic E-state index is -1.27. The Labute approximate surface area is 173 Å². The molecule has 2 aliphatic rings. The van der Waals surface area contributed by atoms with Gasteiger partial charge in [-0.1, -0.05) is 43.3 Å². The van der Waals surface area contributed by atoms with Crippen molar-refractivity contribution < 1.29 is 15.0 Å². The van der Waals surface area contributed by atoms with E-state index in [0.29, 0.717) is 18.4 Å². The Morgan fingerprint density at radius 1 is 1.17 bits per heavy atom. The van der Waals surface area contributed by atoms with Gasteiger partial charge in [-0.2, -0.15) is 0 Å². The first-order valence-corrected chi connectivity index (χ1v) is 10.6. The van der Waals surface area contributed by atoms with Gasteiger partial charge < -0.3 is 15.5 Å². The minimum Gasteiger partial charge on any atom is -0.387 e. The van der Waals surface area contributed by atoms with Crippen LogP contribution in [0.2, 0.25) is 0 Å². The van der Waals surface area contributed by atoms with Crippen molar-refractivity contribution in [3.63, 3.8) is 0 Å². The number of benzene rings is 2. The third-order valence-electron chi connectivity index (χ3n) is 7.65. The second kappa shape index (κ2) is 6.96. The molecule has 2 aliphatic carbocycles. The maximum absolute atomic E-state index is 12.1. The summed E-state index contributed by atoms with van der Waals surface area (Å²) in [5.74, 6) is 0.200. The molecule has 4 rings (SSSR count). The quantitative estimate of drug-likeness (QED) is 0.745. The van der Waals surface area contributed by atoms with Gasteiger partial charge in [0.1, 0.15) is 5.60 Å². The van der Waals surface area contributed by atoms with Crippen LogP contribution in [0.5, 0.6) is 0 Å². The van der Waals surface area contributed by atoms with Crippen molar-refractivity contribution in [1.82, 2.24) is 5.32 Å². The van der Waals surface area contributed by atoms with Crippen LogP contribution in [0.3, 0.4) is 0 Å². The highest BCUT2D eigenvalue weighted by Gasteiger charge is 2.60. The topological polar surface area (TPSA) is 69.6 Å². The van der Waals surface area contributed by atoms with E-state index in [0.717, 1.165) is 24.8 Å². The first-order valence-electron chi connectivity index (χ1n) is 10.6. The molecule has 1 amide bonds.